The standard InChI is InChI=1S/C23H32N2O2/c26-23-7-6-21-4-1-2-5-22(21)25(23)13-3-12-24-14-8-19(9-15-24)18-20-10-16-27-17-11-20/h1-2,4-7,19-20H,3,8-18H2. The molecule has 2 aliphatic heterocycles. The predicted octanol–water partition coefficient (Wildman–Crippen LogP) is 3.92. The Morgan fingerprint density at radius 1 is 0.889 bits per heavy atom. The van der Waals surface area contributed by atoms with E-state index in [2.05, 4.69) is 17.0 Å². The van der Waals surface area contributed by atoms with Gasteiger partial charge in [-0.15, -0.1) is 0 Å². The molecule has 146 valence electrons. The Balaban J connectivity index is 1.24. The van der Waals surface area contributed by atoms with Gasteiger partial charge in [-0.05, 0) is 87.5 Å². The van der Waals surface area contributed by atoms with Gasteiger partial charge in [0, 0.05) is 25.8 Å². The molecule has 0 saturated carbocycles. The van der Waals surface area contributed by atoms with Gasteiger partial charge in [-0.1, -0.05) is 18.2 Å². The number of fused-ring (bicyclic) bond motifs is 1. The smallest absolute Gasteiger partial charge is 0.251 e. The van der Waals surface area contributed by atoms with Crippen LogP contribution in [0, 0.1) is 11.8 Å². The molecule has 2 saturated heterocycles. The normalized spacial score (nSPS) is 20.3. The molecule has 4 heteroatoms. The van der Waals surface area contributed by atoms with Crippen molar-refractivity contribution in [1.82, 2.24) is 9.47 Å². The lowest BCUT2D eigenvalue weighted by Gasteiger charge is -2.34. The first-order valence-corrected chi connectivity index (χ1v) is 10.7. The van der Waals surface area contributed by atoms with E-state index in [-0.39, 0.29) is 5.56 Å². The first-order valence-electron chi connectivity index (χ1n) is 10.7. The molecular formula is C23H32N2O2. The van der Waals surface area contributed by atoms with Gasteiger partial charge in [-0.25, -0.2) is 0 Å². The molecule has 1 aromatic carbocycles. The van der Waals surface area contributed by atoms with E-state index in [9.17, 15) is 4.79 Å². The van der Waals surface area contributed by atoms with Gasteiger partial charge >= 0.3 is 0 Å². The lowest BCUT2D eigenvalue weighted by Crippen LogP contribution is -2.36. The maximum absolute atomic E-state index is 12.3. The Morgan fingerprint density at radius 2 is 1.63 bits per heavy atom. The molecule has 1 aromatic heterocycles. The van der Waals surface area contributed by atoms with Gasteiger partial charge in [0.25, 0.3) is 5.56 Å². The van der Waals surface area contributed by atoms with Crippen LogP contribution in [0.25, 0.3) is 10.9 Å². The third kappa shape index (κ3) is 4.80. The van der Waals surface area contributed by atoms with Crippen LogP contribution in [-0.2, 0) is 11.3 Å². The third-order valence-electron chi connectivity index (χ3n) is 6.47. The monoisotopic (exact) mass is 368 g/mol. The maximum atomic E-state index is 12.3. The molecule has 2 aromatic rings. The third-order valence-corrected chi connectivity index (χ3v) is 6.47. The Bertz CT molecular complexity index is 786. The Kier molecular flexibility index (Phi) is 6.25. The number of pyridine rings is 1. The van der Waals surface area contributed by atoms with Crippen molar-refractivity contribution in [2.24, 2.45) is 11.8 Å². The van der Waals surface area contributed by atoms with Gasteiger partial charge in [0.2, 0.25) is 0 Å². The molecule has 0 unspecified atom stereocenters. The molecule has 0 bridgehead atoms. The first-order chi connectivity index (χ1) is 13.3. The van der Waals surface area contributed by atoms with Gasteiger partial charge in [0.1, 0.15) is 0 Å². The van der Waals surface area contributed by atoms with Crippen LogP contribution >= 0.6 is 0 Å². The zero-order valence-corrected chi connectivity index (χ0v) is 16.3. The number of piperidine rings is 1. The summed E-state index contributed by atoms with van der Waals surface area (Å²) in [7, 11) is 0. The predicted molar refractivity (Wildman–Crippen MR) is 110 cm³/mol. The average Bonchev–Trinajstić information content (AvgIpc) is 2.72. The summed E-state index contributed by atoms with van der Waals surface area (Å²) in [6.07, 6.45) is 7.65. The highest BCUT2D eigenvalue weighted by Crippen LogP contribution is 2.29. The molecular weight excluding hydrogens is 336 g/mol. The van der Waals surface area contributed by atoms with Crippen LogP contribution in [0.2, 0.25) is 0 Å². The van der Waals surface area contributed by atoms with Gasteiger partial charge < -0.3 is 14.2 Å². The minimum atomic E-state index is 0.115. The molecule has 0 atom stereocenters. The summed E-state index contributed by atoms with van der Waals surface area (Å²) in [5.41, 5.74) is 1.17. The number of aromatic nitrogens is 1. The molecule has 2 fully saturated rings. The number of ether oxygens (including phenoxy) is 1. The second kappa shape index (κ2) is 9.03. The van der Waals surface area contributed by atoms with Crippen LogP contribution in [0.4, 0.5) is 0 Å². The second-order valence-electron chi connectivity index (χ2n) is 8.31. The van der Waals surface area contributed by atoms with E-state index in [1.54, 1.807) is 6.07 Å². The fourth-order valence-corrected chi connectivity index (χ4v) is 4.83. The fraction of sp³-hybridized carbons (Fsp3) is 0.609. The maximum Gasteiger partial charge on any atom is 0.251 e. The second-order valence-corrected chi connectivity index (χ2v) is 8.31. The highest BCUT2D eigenvalue weighted by atomic mass is 16.5. The number of nitrogens with zero attached hydrogens (tertiary/aromatic N) is 2. The summed E-state index contributed by atoms with van der Waals surface area (Å²) in [6.45, 7) is 6.28. The number of aryl methyl sites for hydroxylation is 1. The quantitative estimate of drug-likeness (QED) is 0.775. The van der Waals surface area contributed by atoms with E-state index in [4.69, 9.17) is 4.74 Å². The number of likely N-dealkylation sites (tertiary alicyclic amines) is 1. The van der Waals surface area contributed by atoms with Crippen LogP contribution in [0.3, 0.4) is 0 Å². The van der Waals surface area contributed by atoms with Gasteiger partial charge in [-0.2, -0.15) is 0 Å². The van der Waals surface area contributed by atoms with Crippen LogP contribution in [-0.4, -0.2) is 42.3 Å². The summed E-state index contributed by atoms with van der Waals surface area (Å²) in [5.74, 6) is 1.80. The summed E-state index contributed by atoms with van der Waals surface area (Å²) in [5, 5.41) is 1.14. The zero-order chi connectivity index (χ0) is 18.5. The molecule has 0 spiro atoms. The van der Waals surface area contributed by atoms with Crippen molar-refractivity contribution < 1.29 is 4.74 Å². The van der Waals surface area contributed by atoms with Crippen molar-refractivity contribution in [1.29, 1.82) is 0 Å². The van der Waals surface area contributed by atoms with Crippen molar-refractivity contribution in [2.75, 3.05) is 32.8 Å². The van der Waals surface area contributed by atoms with Crippen LogP contribution in [0.5, 0.6) is 0 Å². The molecule has 2 aliphatic rings. The van der Waals surface area contributed by atoms with Crippen molar-refractivity contribution in [3.63, 3.8) is 0 Å². The lowest BCUT2D eigenvalue weighted by atomic mass is 9.84. The highest BCUT2D eigenvalue weighted by molar-refractivity contribution is 5.78. The van der Waals surface area contributed by atoms with Crippen LogP contribution in [0.15, 0.2) is 41.2 Å². The molecule has 0 radical (unpaired) electrons. The number of benzene rings is 1. The number of para-hydroxylation sites is 1. The molecule has 0 aliphatic carbocycles. The molecule has 0 N–H and O–H groups in total. The Labute approximate surface area is 162 Å². The molecule has 4 rings (SSSR count). The number of rotatable bonds is 6. The molecule has 0 amide bonds. The fourth-order valence-electron chi connectivity index (χ4n) is 4.83. The van der Waals surface area contributed by atoms with E-state index in [1.165, 1.54) is 45.2 Å². The largest absolute Gasteiger partial charge is 0.381 e. The van der Waals surface area contributed by atoms with E-state index in [0.717, 1.165) is 55.5 Å². The average molecular weight is 369 g/mol. The Morgan fingerprint density at radius 3 is 2.44 bits per heavy atom. The molecule has 3 heterocycles. The SMILES string of the molecule is O=c1ccc2ccccc2n1CCCN1CCC(CC2CCOCC2)CC1. The van der Waals surface area contributed by atoms with E-state index in [0.29, 0.717) is 0 Å². The highest BCUT2D eigenvalue weighted by Gasteiger charge is 2.23. The van der Waals surface area contributed by atoms with E-state index >= 15 is 0 Å². The Hall–Kier alpha value is -1.65. The first kappa shape index (κ1) is 18.7. The summed E-state index contributed by atoms with van der Waals surface area (Å²) < 4.78 is 7.43. The van der Waals surface area contributed by atoms with E-state index in [1.807, 2.05) is 22.8 Å². The lowest BCUT2D eigenvalue weighted by molar-refractivity contribution is 0.0528. The van der Waals surface area contributed by atoms with Gasteiger partial charge in [0.05, 0.1) is 5.52 Å². The topological polar surface area (TPSA) is 34.5 Å². The van der Waals surface area contributed by atoms with Crippen molar-refractivity contribution in [3.8, 4) is 0 Å². The minimum Gasteiger partial charge on any atom is -0.381 e. The van der Waals surface area contributed by atoms with Gasteiger partial charge in [0.15, 0.2) is 0 Å². The van der Waals surface area contributed by atoms with Crippen molar-refractivity contribution in [3.05, 3.63) is 46.8 Å². The molecule has 27 heavy (non-hydrogen) atoms. The van der Waals surface area contributed by atoms with Crippen LogP contribution < -0.4 is 5.56 Å². The summed E-state index contributed by atoms with van der Waals surface area (Å²) in [6, 6.07) is 11.8. The van der Waals surface area contributed by atoms with Crippen LogP contribution in [0.1, 0.15) is 38.5 Å². The summed E-state index contributed by atoms with van der Waals surface area (Å²) in [4.78, 5) is 14.9. The van der Waals surface area contributed by atoms with Crippen molar-refractivity contribution in [2.45, 2.75) is 45.1 Å². The summed E-state index contributed by atoms with van der Waals surface area (Å²) >= 11 is 0. The van der Waals surface area contributed by atoms with E-state index < -0.39 is 0 Å². The minimum absolute atomic E-state index is 0.115. The number of hydrogen-bond acceptors (Lipinski definition) is 3. The number of hydrogen-bond donors (Lipinski definition) is 0. The zero-order valence-electron chi connectivity index (χ0n) is 16.3. The molecule has 4 nitrogen and oxygen atoms in total. The van der Waals surface area contributed by atoms with Crippen molar-refractivity contribution >= 4 is 10.9 Å². The van der Waals surface area contributed by atoms with Gasteiger partial charge in [-0.3, -0.25) is 4.79 Å².